The second-order valence-electron chi connectivity index (χ2n) is 4.61. The second kappa shape index (κ2) is 7.05. The smallest absolute Gasteiger partial charge is 0.231 e. The summed E-state index contributed by atoms with van der Waals surface area (Å²) in [5.74, 6) is 2.05. The van der Waals surface area contributed by atoms with Crippen molar-refractivity contribution in [3.63, 3.8) is 0 Å². The van der Waals surface area contributed by atoms with Crippen LogP contribution in [0.2, 0.25) is 0 Å². The van der Waals surface area contributed by atoms with Gasteiger partial charge in [0.25, 0.3) is 0 Å². The summed E-state index contributed by atoms with van der Waals surface area (Å²) in [6, 6.07) is 7.69. The van der Waals surface area contributed by atoms with E-state index in [9.17, 15) is 0 Å². The van der Waals surface area contributed by atoms with Gasteiger partial charge in [0.15, 0.2) is 0 Å². The highest BCUT2D eigenvalue weighted by molar-refractivity contribution is 5.63. The summed E-state index contributed by atoms with van der Waals surface area (Å²) in [5, 5.41) is 4.06. The predicted octanol–water partition coefficient (Wildman–Crippen LogP) is 2.98. The average Bonchev–Trinajstić information content (AvgIpc) is 2.95. The Bertz CT molecular complexity index is 539. The van der Waals surface area contributed by atoms with Gasteiger partial charge in [0.1, 0.15) is 5.75 Å². The Morgan fingerprint density at radius 1 is 1.30 bits per heavy atom. The van der Waals surface area contributed by atoms with Gasteiger partial charge >= 0.3 is 0 Å². The van der Waals surface area contributed by atoms with Crippen LogP contribution >= 0.6 is 0 Å². The number of rotatable bonds is 7. The average molecular weight is 275 g/mol. The van der Waals surface area contributed by atoms with Gasteiger partial charge in [-0.15, -0.1) is 0 Å². The van der Waals surface area contributed by atoms with Crippen molar-refractivity contribution in [3.8, 4) is 17.1 Å². The maximum Gasteiger partial charge on any atom is 0.231 e. The summed E-state index contributed by atoms with van der Waals surface area (Å²) >= 11 is 0. The van der Waals surface area contributed by atoms with Crippen LogP contribution in [0.4, 0.5) is 0 Å². The van der Waals surface area contributed by atoms with Crippen molar-refractivity contribution in [1.29, 1.82) is 0 Å². The first kappa shape index (κ1) is 14.5. The third kappa shape index (κ3) is 3.17. The van der Waals surface area contributed by atoms with Crippen molar-refractivity contribution >= 4 is 0 Å². The fraction of sp³-hybridized carbons (Fsp3) is 0.467. The molecule has 0 fully saturated rings. The van der Waals surface area contributed by atoms with Crippen LogP contribution in [0.3, 0.4) is 0 Å². The first-order chi connectivity index (χ1) is 9.80. The van der Waals surface area contributed by atoms with Crippen LogP contribution in [0.5, 0.6) is 5.75 Å². The third-order valence-electron chi connectivity index (χ3n) is 3.14. The highest BCUT2D eigenvalue weighted by atomic mass is 16.5. The number of hydrogen-bond acceptors (Lipinski definition) is 5. The molecule has 0 saturated carbocycles. The van der Waals surface area contributed by atoms with Gasteiger partial charge in [-0.25, -0.2) is 0 Å². The number of ether oxygens (including phenoxy) is 1. The van der Waals surface area contributed by atoms with E-state index in [1.165, 1.54) is 0 Å². The van der Waals surface area contributed by atoms with Crippen molar-refractivity contribution in [2.75, 3.05) is 13.2 Å². The molecule has 0 aliphatic carbocycles. The minimum Gasteiger partial charge on any atom is -0.493 e. The van der Waals surface area contributed by atoms with Gasteiger partial charge in [-0.1, -0.05) is 30.6 Å². The standard InChI is InChI=1S/C15H21N3O2/c1-3-7-11(10-16)15-17-14(18-20-15)12-8-5-6-9-13(12)19-4-2/h5-6,8-9,11H,3-4,7,10,16H2,1-2H3. The summed E-state index contributed by atoms with van der Waals surface area (Å²) in [7, 11) is 0. The molecule has 108 valence electrons. The van der Waals surface area contributed by atoms with Crippen molar-refractivity contribution in [3.05, 3.63) is 30.2 Å². The lowest BCUT2D eigenvalue weighted by molar-refractivity contribution is 0.339. The number of hydrogen-bond donors (Lipinski definition) is 1. The van der Waals surface area contributed by atoms with E-state index in [1.54, 1.807) is 0 Å². The molecule has 0 bridgehead atoms. The van der Waals surface area contributed by atoms with E-state index in [4.69, 9.17) is 15.0 Å². The monoisotopic (exact) mass is 275 g/mol. The molecule has 2 N–H and O–H groups in total. The molecule has 1 heterocycles. The molecule has 1 unspecified atom stereocenters. The molecule has 0 spiro atoms. The molecule has 1 aromatic heterocycles. The Morgan fingerprint density at radius 3 is 2.80 bits per heavy atom. The molecule has 20 heavy (non-hydrogen) atoms. The molecule has 2 aromatic rings. The lowest BCUT2D eigenvalue weighted by atomic mass is 10.0. The SMILES string of the molecule is CCCC(CN)c1nc(-c2ccccc2OCC)no1. The van der Waals surface area contributed by atoms with E-state index in [2.05, 4.69) is 17.1 Å². The normalized spacial score (nSPS) is 12.3. The quantitative estimate of drug-likeness (QED) is 0.840. The van der Waals surface area contributed by atoms with Crippen molar-refractivity contribution in [2.24, 2.45) is 5.73 Å². The molecule has 2 rings (SSSR count). The zero-order valence-corrected chi connectivity index (χ0v) is 12.0. The molecule has 0 amide bonds. The van der Waals surface area contributed by atoms with Gasteiger partial charge in [0.2, 0.25) is 11.7 Å². The van der Waals surface area contributed by atoms with Gasteiger partial charge < -0.3 is 15.0 Å². The van der Waals surface area contributed by atoms with Crippen molar-refractivity contribution in [2.45, 2.75) is 32.6 Å². The topological polar surface area (TPSA) is 74.2 Å². The van der Waals surface area contributed by atoms with Crippen LogP contribution in [-0.2, 0) is 0 Å². The summed E-state index contributed by atoms with van der Waals surface area (Å²) < 4.78 is 10.9. The molecule has 0 aliphatic heterocycles. The first-order valence-electron chi connectivity index (χ1n) is 7.06. The number of nitrogens with two attached hydrogens (primary N) is 1. The van der Waals surface area contributed by atoms with Crippen LogP contribution in [0, 0.1) is 0 Å². The molecule has 0 aliphatic rings. The fourth-order valence-corrected chi connectivity index (χ4v) is 2.13. The van der Waals surface area contributed by atoms with E-state index in [1.807, 2.05) is 31.2 Å². The fourth-order valence-electron chi connectivity index (χ4n) is 2.13. The first-order valence-corrected chi connectivity index (χ1v) is 7.06. The Balaban J connectivity index is 2.28. The number of para-hydroxylation sites is 1. The molecule has 1 aromatic carbocycles. The Kier molecular flexibility index (Phi) is 5.12. The van der Waals surface area contributed by atoms with Crippen LogP contribution in [0.1, 0.15) is 38.5 Å². The van der Waals surface area contributed by atoms with Crippen molar-refractivity contribution in [1.82, 2.24) is 10.1 Å². The largest absolute Gasteiger partial charge is 0.493 e. The minimum absolute atomic E-state index is 0.125. The second-order valence-corrected chi connectivity index (χ2v) is 4.61. The summed E-state index contributed by atoms with van der Waals surface area (Å²) in [6.07, 6.45) is 1.99. The van der Waals surface area contributed by atoms with Gasteiger partial charge in [0, 0.05) is 6.54 Å². The molecule has 1 atom stereocenters. The molecular weight excluding hydrogens is 254 g/mol. The molecule has 0 radical (unpaired) electrons. The van der Waals surface area contributed by atoms with Crippen LogP contribution in [0.15, 0.2) is 28.8 Å². The minimum atomic E-state index is 0.125. The van der Waals surface area contributed by atoms with E-state index in [-0.39, 0.29) is 5.92 Å². The molecule has 0 saturated heterocycles. The molecule has 5 nitrogen and oxygen atoms in total. The van der Waals surface area contributed by atoms with Crippen LogP contribution < -0.4 is 10.5 Å². The zero-order valence-electron chi connectivity index (χ0n) is 12.0. The van der Waals surface area contributed by atoms with E-state index in [0.717, 1.165) is 24.2 Å². The van der Waals surface area contributed by atoms with Crippen molar-refractivity contribution < 1.29 is 9.26 Å². The maximum atomic E-state index is 5.76. The van der Waals surface area contributed by atoms with Gasteiger partial charge in [-0.2, -0.15) is 4.98 Å². The third-order valence-corrected chi connectivity index (χ3v) is 3.14. The van der Waals surface area contributed by atoms with E-state index >= 15 is 0 Å². The number of nitrogens with zero attached hydrogens (tertiary/aromatic N) is 2. The summed E-state index contributed by atoms with van der Waals surface area (Å²) in [4.78, 5) is 4.48. The van der Waals surface area contributed by atoms with Crippen LogP contribution in [0.25, 0.3) is 11.4 Å². The molecular formula is C15H21N3O2. The van der Waals surface area contributed by atoms with Gasteiger partial charge in [-0.05, 0) is 25.5 Å². The number of aromatic nitrogens is 2. The lowest BCUT2D eigenvalue weighted by Gasteiger charge is -2.07. The number of benzene rings is 1. The summed E-state index contributed by atoms with van der Waals surface area (Å²) in [5.41, 5.74) is 6.61. The zero-order chi connectivity index (χ0) is 14.4. The Labute approximate surface area is 119 Å². The van der Waals surface area contributed by atoms with Gasteiger partial charge in [0.05, 0.1) is 18.1 Å². The van der Waals surface area contributed by atoms with Crippen LogP contribution in [-0.4, -0.2) is 23.3 Å². The van der Waals surface area contributed by atoms with Gasteiger partial charge in [-0.3, -0.25) is 0 Å². The predicted molar refractivity (Wildman–Crippen MR) is 77.6 cm³/mol. The highest BCUT2D eigenvalue weighted by Crippen LogP contribution is 2.29. The Hall–Kier alpha value is -1.88. The Morgan fingerprint density at radius 2 is 2.10 bits per heavy atom. The highest BCUT2D eigenvalue weighted by Gasteiger charge is 2.19. The summed E-state index contributed by atoms with van der Waals surface area (Å²) in [6.45, 7) is 5.18. The lowest BCUT2D eigenvalue weighted by Crippen LogP contribution is -2.12. The van der Waals surface area contributed by atoms with E-state index < -0.39 is 0 Å². The molecule has 5 heteroatoms. The maximum absolute atomic E-state index is 5.76. The van der Waals surface area contributed by atoms with E-state index in [0.29, 0.717) is 24.9 Å².